The summed E-state index contributed by atoms with van der Waals surface area (Å²) in [7, 11) is 1.53. The van der Waals surface area contributed by atoms with Gasteiger partial charge >= 0.3 is 6.03 Å². The second kappa shape index (κ2) is 11.5. The third-order valence-electron chi connectivity index (χ3n) is 5.56. The summed E-state index contributed by atoms with van der Waals surface area (Å²) in [5.41, 5.74) is 1.58. The number of carbonyl (C=O) groups is 2. The van der Waals surface area contributed by atoms with Gasteiger partial charge in [-0.2, -0.15) is 0 Å². The lowest BCUT2D eigenvalue weighted by Gasteiger charge is -2.36. The Morgan fingerprint density at radius 3 is 2.56 bits per heavy atom. The molecule has 0 radical (unpaired) electrons. The van der Waals surface area contributed by atoms with Crippen LogP contribution >= 0.6 is 0 Å². The number of nitrogens with one attached hydrogen (secondary N) is 3. The lowest BCUT2D eigenvalue weighted by molar-refractivity contribution is -0.131. The fourth-order valence-electron chi connectivity index (χ4n) is 3.85. The maximum absolute atomic E-state index is 12.5. The van der Waals surface area contributed by atoms with Crippen LogP contribution in [0.4, 0.5) is 10.5 Å². The number of benzene rings is 2. The van der Waals surface area contributed by atoms with Gasteiger partial charge in [-0.25, -0.2) is 4.79 Å². The lowest BCUT2D eigenvalue weighted by Crippen LogP contribution is -2.52. The van der Waals surface area contributed by atoms with Gasteiger partial charge in [-0.1, -0.05) is 42.5 Å². The molecule has 0 unspecified atom stereocenters. The highest BCUT2D eigenvalue weighted by molar-refractivity contribution is 5.91. The van der Waals surface area contributed by atoms with Crippen molar-refractivity contribution in [3.8, 4) is 5.75 Å². The van der Waals surface area contributed by atoms with Crippen molar-refractivity contribution in [1.29, 1.82) is 0 Å². The first-order valence-electron chi connectivity index (χ1n) is 10.8. The van der Waals surface area contributed by atoms with Crippen molar-refractivity contribution in [2.45, 2.75) is 50.5 Å². The normalized spacial score (nSPS) is 21.3. The second-order valence-corrected chi connectivity index (χ2v) is 7.87. The monoisotopic (exact) mass is 441 g/mol. The summed E-state index contributed by atoms with van der Waals surface area (Å²) in [6.07, 6.45) is 0.496. The number of methoxy groups -OCH3 is 1. The van der Waals surface area contributed by atoms with Crippen molar-refractivity contribution in [1.82, 2.24) is 10.6 Å². The lowest BCUT2D eigenvalue weighted by atomic mass is 9.97. The van der Waals surface area contributed by atoms with Crippen LogP contribution in [-0.2, 0) is 9.53 Å². The summed E-state index contributed by atoms with van der Waals surface area (Å²) in [6.45, 7) is 1.68. The molecule has 0 spiro atoms. The molecule has 3 amide bonds. The van der Waals surface area contributed by atoms with E-state index in [2.05, 4.69) is 16.0 Å². The maximum atomic E-state index is 12.5. The Balaban J connectivity index is 1.48. The average molecular weight is 442 g/mol. The number of para-hydroxylation sites is 2. The number of carbonyl (C=O) groups excluding carboxylic acids is 2. The van der Waals surface area contributed by atoms with Crippen molar-refractivity contribution in [2.24, 2.45) is 0 Å². The van der Waals surface area contributed by atoms with Gasteiger partial charge in [-0.3, -0.25) is 4.79 Å². The third kappa shape index (κ3) is 6.45. The molecule has 172 valence electrons. The van der Waals surface area contributed by atoms with Gasteiger partial charge in [0.2, 0.25) is 5.91 Å². The van der Waals surface area contributed by atoms with E-state index in [4.69, 9.17) is 9.47 Å². The summed E-state index contributed by atoms with van der Waals surface area (Å²) >= 11 is 0. The third-order valence-corrected chi connectivity index (χ3v) is 5.56. The highest BCUT2D eigenvalue weighted by Crippen LogP contribution is 2.25. The van der Waals surface area contributed by atoms with Gasteiger partial charge in [0.15, 0.2) is 0 Å². The van der Waals surface area contributed by atoms with Gasteiger partial charge in [0.1, 0.15) is 11.9 Å². The van der Waals surface area contributed by atoms with Crippen LogP contribution in [-0.4, -0.2) is 49.0 Å². The van der Waals surface area contributed by atoms with Crippen molar-refractivity contribution in [3.05, 3.63) is 60.2 Å². The Morgan fingerprint density at radius 1 is 1.12 bits per heavy atom. The number of anilines is 1. The van der Waals surface area contributed by atoms with Gasteiger partial charge in [-0.15, -0.1) is 0 Å². The highest BCUT2D eigenvalue weighted by Gasteiger charge is 2.33. The zero-order valence-corrected chi connectivity index (χ0v) is 18.4. The summed E-state index contributed by atoms with van der Waals surface area (Å²) in [5.74, 6) is 0.445. The Hall–Kier alpha value is -3.10. The Bertz CT molecular complexity index is 892. The van der Waals surface area contributed by atoms with Crippen LogP contribution in [0.25, 0.3) is 0 Å². The Kier molecular flexibility index (Phi) is 8.47. The molecule has 0 bridgehead atoms. The number of rotatable bonds is 8. The van der Waals surface area contributed by atoms with Gasteiger partial charge in [0.05, 0.1) is 44.0 Å². The largest absolute Gasteiger partial charge is 0.495 e. The zero-order chi connectivity index (χ0) is 22.9. The summed E-state index contributed by atoms with van der Waals surface area (Å²) < 4.78 is 11.2. The molecule has 32 heavy (non-hydrogen) atoms. The van der Waals surface area contributed by atoms with E-state index in [0.717, 1.165) is 5.56 Å². The van der Waals surface area contributed by atoms with Crippen LogP contribution in [0.15, 0.2) is 54.6 Å². The number of urea groups is 1. The fourth-order valence-corrected chi connectivity index (χ4v) is 3.85. The molecule has 8 heteroatoms. The molecule has 1 aliphatic heterocycles. The van der Waals surface area contributed by atoms with Gasteiger partial charge in [0.25, 0.3) is 0 Å². The summed E-state index contributed by atoms with van der Waals surface area (Å²) in [4.78, 5) is 24.9. The van der Waals surface area contributed by atoms with E-state index < -0.39 is 12.1 Å². The van der Waals surface area contributed by atoms with Crippen molar-refractivity contribution >= 4 is 17.6 Å². The van der Waals surface area contributed by atoms with Crippen molar-refractivity contribution in [2.75, 3.05) is 19.0 Å². The molecular formula is C24H31N3O5. The number of amides is 3. The molecule has 2 aromatic carbocycles. The predicted molar refractivity (Wildman–Crippen MR) is 122 cm³/mol. The molecule has 0 saturated carbocycles. The van der Waals surface area contributed by atoms with Crippen molar-refractivity contribution in [3.63, 3.8) is 0 Å². The van der Waals surface area contributed by atoms with Crippen LogP contribution in [0.3, 0.4) is 0 Å². The maximum Gasteiger partial charge on any atom is 0.319 e. The molecule has 0 aromatic heterocycles. The minimum atomic E-state index is -0.587. The topological polar surface area (TPSA) is 109 Å². The SMILES string of the molecule is COc1ccccc1NC(=O)N[C@H]1CC[C@H](CC(=O)N[C@@H](C)c2ccccc2)O[C@H]1CO. The van der Waals surface area contributed by atoms with Crippen LogP contribution in [0.5, 0.6) is 5.75 Å². The Labute approximate surface area is 188 Å². The number of hydrogen-bond donors (Lipinski definition) is 4. The first-order chi connectivity index (χ1) is 15.5. The average Bonchev–Trinajstić information content (AvgIpc) is 2.80. The number of aliphatic hydroxyl groups is 1. The van der Waals surface area contributed by atoms with E-state index in [1.165, 1.54) is 7.11 Å². The first-order valence-corrected chi connectivity index (χ1v) is 10.8. The highest BCUT2D eigenvalue weighted by atomic mass is 16.5. The predicted octanol–water partition coefficient (Wildman–Crippen LogP) is 2.99. The van der Waals surface area contributed by atoms with Crippen molar-refractivity contribution < 1.29 is 24.2 Å². The van der Waals surface area contributed by atoms with Crippen LogP contribution in [0, 0.1) is 0 Å². The molecule has 1 fully saturated rings. The van der Waals surface area contributed by atoms with E-state index in [1.54, 1.807) is 18.2 Å². The second-order valence-electron chi connectivity index (χ2n) is 7.87. The van der Waals surface area contributed by atoms with E-state index >= 15 is 0 Å². The standard InChI is InChI=1S/C24H31N3O5/c1-16(17-8-4-3-5-9-17)25-23(29)14-18-12-13-20(22(15-28)32-18)27-24(30)26-19-10-6-7-11-21(19)31-2/h3-11,16,18,20,22,28H,12-15H2,1-2H3,(H,25,29)(H2,26,27,30)/t16-,18+,20-,22-/m0/s1. The molecule has 4 N–H and O–H groups in total. The van der Waals surface area contributed by atoms with E-state index in [0.29, 0.717) is 24.3 Å². The van der Waals surface area contributed by atoms with E-state index in [9.17, 15) is 14.7 Å². The van der Waals surface area contributed by atoms with Gasteiger partial charge in [-0.05, 0) is 37.5 Å². The molecule has 1 saturated heterocycles. The number of hydrogen-bond acceptors (Lipinski definition) is 5. The minimum Gasteiger partial charge on any atom is -0.495 e. The number of aliphatic hydroxyl groups excluding tert-OH is 1. The smallest absolute Gasteiger partial charge is 0.319 e. The molecular weight excluding hydrogens is 410 g/mol. The van der Waals surface area contributed by atoms with E-state index in [1.807, 2.05) is 43.3 Å². The zero-order valence-electron chi connectivity index (χ0n) is 18.4. The van der Waals surface area contributed by atoms with E-state index in [-0.39, 0.29) is 37.1 Å². The fraction of sp³-hybridized carbons (Fsp3) is 0.417. The van der Waals surface area contributed by atoms with Crippen LogP contribution in [0.2, 0.25) is 0 Å². The number of ether oxygens (including phenoxy) is 2. The molecule has 2 aromatic rings. The first kappa shape index (κ1) is 23.6. The van der Waals surface area contributed by atoms with Gasteiger partial charge in [0, 0.05) is 0 Å². The minimum absolute atomic E-state index is 0.103. The summed E-state index contributed by atoms with van der Waals surface area (Å²) in [6, 6.07) is 16.0. The molecule has 1 heterocycles. The summed E-state index contributed by atoms with van der Waals surface area (Å²) in [5, 5.41) is 18.4. The van der Waals surface area contributed by atoms with Crippen LogP contribution < -0.4 is 20.7 Å². The quantitative estimate of drug-likeness (QED) is 0.504. The van der Waals surface area contributed by atoms with Gasteiger partial charge < -0.3 is 30.5 Å². The molecule has 4 atom stereocenters. The molecule has 3 rings (SSSR count). The molecule has 0 aliphatic carbocycles. The van der Waals surface area contributed by atoms with Crippen LogP contribution in [0.1, 0.15) is 37.8 Å². The molecule has 8 nitrogen and oxygen atoms in total. The molecule has 1 aliphatic rings. The Morgan fingerprint density at radius 2 is 1.84 bits per heavy atom.